The van der Waals surface area contributed by atoms with Gasteiger partial charge in [-0.1, -0.05) is 30.3 Å². The van der Waals surface area contributed by atoms with E-state index in [1.54, 1.807) is 18.2 Å². The van der Waals surface area contributed by atoms with E-state index in [0.29, 0.717) is 30.2 Å². The normalized spacial score (nSPS) is 13.2. The Morgan fingerprint density at radius 3 is 2.62 bits per heavy atom. The molecule has 0 spiro atoms. The molecule has 0 unspecified atom stereocenters. The quantitative estimate of drug-likeness (QED) is 0.670. The van der Waals surface area contributed by atoms with Crippen LogP contribution in [0.15, 0.2) is 48.5 Å². The molecule has 2 aromatic rings. The first-order valence-electron chi connectivity index (χ1n) is 8.31. The first kappa shape index (κ1) is 17.8. The number of anilines is 1. The first-order valence-corrected chi connectivity index (χ1v) is 8.31. The maximum absolute atomic E-state index is 12.2. The lowest BCUT2D eigenvalue weighted by Crippen LogP contribution is -2.40. The van der Waals surface area contributed by atoms with Gasteiger partial charge in [0.1, 0.15) is 6.04 Å². The molecular formula is C19H20N2O5. The average molecular weight is 356 g/mol. The van der Waals surface area contributed by atoms with Gasteiger partial charge in [-0.3, -0.25) is 9.59 Å². The number of carboxylic acids is 1. The van der Waals surface area contributed by atoms with Crippen molar-refractivity contribution in [3.05, 3.63) is 54.1 Å². The lowest BCUT2D eigenvalue weighted by Gasteiger charge is -2.14. The van der Waals surface area contributed by atoms with E-state index in [0.717, 1.165) is 5.56 Å². The summed E-state index contributed by atoms with van der Waals surface area (Å²) in [6.07, 6.45) is 0.521. The van der Waals surface area contributed by atoms with E-state index in [4.69, 9.17) is 9.47 Å². The predicted octanol–water partition coefficient (Wildman–Crippen LogP) is 2.03. The highest BCUT2D eigenvalue weighted by molar-refractivity contribution is 5.94. The zero-order valence-corrected chi connectivity index (χ0v) is 14.1. The van der Waals surface area contributed by atoms with E-state index >= 15 is 0 Å². The Bertz CT molecular complexity index is 779. The third kappa shape index (κ3) is 4.73. The lowest BCUT2D eigenvalue weighted by molar-refractivity contribution is -0.141. The van der Waals surface area contributed by atoms with E-state index in [9.17, 15) is 14.7 Å². The van der Waals surface area contributed by atoms with Gasteiger partial charge in [-0.2, -0.15) is 0 Å². The van der Waals surface area contributed by atoms with E-state index in [2.05, 4.69) is 10.6 Å². The van der Waals surface area contributed by atoms with Crippen LogP contribution >= 0.6 is 0 Å². The molecular weight excluding hydrogens is 336 g/mol. The van der Waals surface area contributed by atoms with Gasteiger partial charge in [-0.15, -0.1) is 0 Å². The molecule has 0 bridgehead atoms. The fourth-order valence-electron chi connectivity index (χ4n) is 2.65. The standard InChI is InChI=1S/C19H20N2O5/c22-18(21-14-6-7-16-17(10-14)26-12-25-16)11-15(19(23)24)20-9-8-13-4-2-1-3-5-13/h1-7,10,15,20H,8-9,11-12H2,(H,21,22)(H,23,24)/t15-/m1/s1. The van der Waals surface area contributed by atoms with Crippen molar-refractivity contribution in [3.8, 4) is 11.5 Å². The van der Waals surface area contributed by atoms with E-state index in [1.165, 1.54) is 0 Å². The molecule has 0 fully saturated rings. The van der Waals surface area contributed by atoms with Crippen LogP contribution in [-0.2, 0) is 16.0 Å². The Kier molecular flexibility index (Phi) is 5.70. The average Bonchev–Trinajstić information content (AvgIpc) is 3.09. The minimum Gasteiger partial charge on any atom is -0.480 e. The number of aliphatic carboxylic acids is 1. The highest BCUT2D eigenvalue weighted by Gasteiger charge is 2.21. The second-order valence-electron chi connectivity index (χ2n) is 5.90. The summed E-state index contributed by atoms with van der Waals surface area (Å²) in [5, 5.41) is 14.9. The summed E-state index contributed by atoms with van der Waals surface area (Å²) in [6, 6.07) is 13.8. The van der Waals surface area contributed by atoms with E-state index < -0.39 is 12.0 Å². The third-order valence-corrected chi connectivity index (χ3v) is 3.99. The Morgan fingerprint density at radius 2 is 1.85 bits per heavy atom. The van der Waals surface area contributed by atoms with Crippen LogP contribution in [0.4, 0.5) is 5.69 Å². The molecule has 0 aromatic heterocycles. The Balaban J connectivity index is 1.50. The van der Waals surface area contributed by atoms with Crippen molar-refractivity contribution in [2.75, 3.05) is 18.7 Å². The molecule has 3 rings (SSSR count). The summed E-state index contributed by atoms with van der Waals surface area (Å²) < 4.78 is 10.5. The number of carbonyl (C=O) groups is 2. The summed E-state index contributed by atoms with van der Waals surface area (Å²) in [6.45, 7) is 0.622. The van der Waals surface area contributed by atoms with Crippen LogP contribution in [0.5, 0.6) is 11.5 Å². The lowest BCUT2D eigenvalue weighted by atomic mass is 10.1. The van der Waals surface area contributed by atoms with Crippen molar-refractivity contribution in [2.24, 2.45) is 0 Å². The third-order valence-electron chi connectivity index (χ3n) is 3.99. The number of nitrogens with one attached hydrogen (secondary N) is 2. The second-order valence-corrected chi connectivity index (χ2v) is 5.90. The van der Waals surface area contributed by atoms with E-state index in [-0.39, 0.29) is 19.1 Å². The highest BCUT2D eigenvalue weighted by atomic mass is 16.7. The van der Waals surface area contributed by atoms with Crippen molar-refractivity contribution in [3.63, 3.8) is 0 Å². The van der Waals surface area contributed by atoms with Crippen LogP contribution in [0.1, 0.15) is 12.0 Å². The molecule has 1 atom stereocenters. The zero-order chi connectivity index (χ0) is 18.4. The van der Waals surface area contributed by atoms with Crippen molar-refractivity contribution in [1.29, 1.82) is 0 Å². The number of hydrogen-bond acceptors (Lipinski definition) is 5. The van der Waals surface area contributed by atoms with Crippen LogP contribution in [0.3, 0.4) is 0 Å². The maximum Gasteiger partial charge on any atom is 0.321 e. The van der Waals surface area contributed by atoms with Gasteiger partial charge in [-0.25, -0.2) is 0 Å². The number of hydrogen-bond donors (Lipinski definition) is 3. The zero-order valence-electron chi connectivity index (χ0n) is 14.1. The summed E-state index contributed by atoms with van der Waals surface area (Å²) in [4.78, 5) is 23.6. The fourth-order valence-corrected chi connectivity index (χ4v) is 2.65. The van der Waals surface area contributed by atoms with Gasteiger partial charge >= 0.3 is 5.97 Å². The van der Waals surface area contributed by atoms with Gasteiger partial charge in [0.15, 0.2) is 11.5 Å². The highest BCUT2D eigenvalue weighted by Crippen LogP contribution is 2.34. The van der Waals surface area contributed by atoms with Gasteiger partial charge < -0.3 is 25.2 Å². The molecule has 3 N–H and O–H groups in total. The molecule has 0 saturated heterocycles. The topological polar surface area (TPSA) is 96.9 Å². The van der Waals surface area contributed by atoms with Gasteiger partial charge in [-0.05, 0) is 30.7 Å². The molecule has 7 heteroatoms. The number of rotatable bonds is 8. The van der Waals surface area contributed by atoms with Crippen molar-refractivity contribution < 1.29 is 24.2 Å². The summed E-state index contributed by atoms with van der Waals surface area (Å²) in [5.74, 6) is -0.269. The summed E-state index contributed by atoms with van der Waals surface area (Å²) >= 11 is 0. The van der Waals surface area contributed by atoms with Gasteiger partial charge in [0.05, 0.1) is 6.42 Å². The number of benzene rings is 2. The smallest absolute Gasteiger partial charge is 0.321 e. The minimum absolute atomic E-state index is 0.152. The Morgan fingerprint density at radius 1 is 1.08 bits per heavy atom. The van der Waals surface area contributed by atoms with Gasteiger partial charge in [0.25, 0.3) is 0 Å². The monoisotopic (exact) mass is 356 g/mol. The molecule has 2 aromatic carbocycles. The number of carbonyl (C=O) groups excluding carboxylic acids is 1. The van der Waals surface area contributed by atoms with Gasteiger partial charge in [0.2, 0.25) is 12.7 Å². The number of ether oxygens (including phenoxy) is 2. The number of amides is 1. The number of fused-ring (bicyclic) bond motifs is 1. The molecule has 0 radical (unpaired) electrons. The summed E-state index contributed by atoms with van der Waals surface area (Å²) in [5.41, 5.74) is 1.64. The predicted molar refractivity (Wildman–Crippen MR) is 95.4 cm³/mol. The van der Waals surface area contributed by atoms with Gasteiger partial charge in [0, 0.05) is 11.8 Å². The number of carboxylic acid groups (broad SMARTS) is 1. The van der Waals surface area contributed by atoms with E-state index in [1.807, 2.05) is 30.3 Å². The van der Waals surface area contributed by atoms with Crippen LogP contribution in [0, 0.1) is 0 Å². The fraction of sp³-hybridized carbons (Fsp3) is 0.263. The van der Waals surface area contributed by atoms with Crippen LogP contribution in [0.2, 0.25) is 0 Å². The van der Waals surface area contributed by atoms with Crippen LogP contribution < -0.4 is 20.1 Å². The van der Waals surface area contributed by atoms with Crippen molar-refractivity contribution >= 4 is 17.6 Å². The van der Waals surface area contributed by atoms with Crippen molar-refractivity contribution in [1.82, 2.24) is 5.32 Å². The SMILES string of the molecule is O=C(C[C@@H](NCCc1ccccc1)C(=O)O)Nc1ccc2c(c1)OCO2. The molecule has 0 aliphatic carbocycles. The molecule has 1 heterocycles. The Labute approximate surface area is 150 Å². The molecule has 1 aliphatic heterocycles. The van der Waals surface area contributed by atoms with Crippen molar-refractivity contribution in [2.45, 2.75) is 18.9 Å². The Hall–Kier alpha value is -3.06. The molecule has 1 amide bonds. The largest absolute Gasteiger partial charge is 0.480 e. The molecule has 136 valence electrons. The van der Waals surface area contributed by atoms with Crippen LogP contribution in [0.25, 0.3) is 0 Å². The molecule has 0 saturated carbocycles. The minimum atomic E-state index is -1.06. The van der Waals surface area contributed by atoms with Crippen LogP contribution in [-0.4, -0.2) is 36.4 Å². The maximum atomic E-state index is 12.2. The summed E-state index contributed by atoms with van der Waals surface area (Å²) in [7, 11) is 0. The molecule has 26 heavy (non-hydrogen) atoms. The molecule has 1 aliphatic rings. The second kappa shape index (κ2) is 8.35. The first-order chi connectivity index (χ1) is 12.6. The molecule has 7 nitrogen and oxygen atoms in total.